The van der Waals surface area contributed by atoms with Crippen molar-refractivity contribution in [3.8, 4) is 11.5 Å². The third-order valence-corrected chi connectivity index (χ3v) is 7.08. The van der Waals surface area contributed by atoms with E-state index < -0.39 is 11.7 Å². The fourth-order valence-corrected chi connectivity index (χ4v) is 4.98. The van der Waals surface area contributed by atoms with Crippen molar-refractivity contribution < 1.29 is 37.0 Å². The summed E-state index contributed by atoms with van der Waals surface area (Å²) in [7, 11) is 0. The molecule has 1 aromatic heterocycles. The standard InChI is InChI=1S/C25H26ClF3O3S2.CO2/c1-3-12-30-23-10-8-21(13-17(23)2)33-16-20(32-15-22-9-11-24(26)34-22)14-31-19-6-4-18(5-7-19)25(27,28)29;2-1-3/h4-11,13,20H,3,12,14-16H2,1-2H3;/t20-;/m1./s1. The lowest BCUT2D eigenvalue weighted by Crippen LogP contribution is -2.24. The van der Waals surface area contributed by atoms with E-state index in [4.69, 9.17) is 35.4 Å². The van der Waals surface area contributed by atoms with Crippen LogP contribution in [0.25, 0.3) is 0 Å². The lowest BCUT2D eigenvalue weighted by molar-refractivity contribution is -0.191. The minimum atomic E-state index is -4.38. The second-order valence-corrected chi connectivity index (χ2v) is 10.5. The number of ether oxygens (including phenoxy) is 3. The molecule has 0 fully saturated rings. The highest BCUT2D eigenvalue weighted by Crippen LogP contribution is 2.31. The molecule has 0 aliphatic carbocycles. The number of carbonyl (C=O) groups excluding carboxylic acids is 2. The van der Waals surface area contributed by atoms with Crippen LogP contribution in [0.1, 0.15) is 29.3 Å². The van der Waals surface area contributed by atoms with Gasteiger partial charge in [0.15, 0.2) is 0 Å². The Labute approximate surface area is 226 Å². The van der Waals surface area contributed by atoms with Crippen LogP contribution >= 0.6 is 34.7 Å². The molecule has 3 rings (SSSR count). The van der Waals surface area contributed by atoms with Gasteiger partial charge < -0.3 is 14.2 Å². The Morgan fingerprint density at radius 3 is 2.32 bits per heavy atom. The third kappa shape index (κ3) is 11.2. The van der Waals surface area contributed by atoms with E-state index in [1.54, 1.807) is 11.8 Å². The molecule has 0 saturated carbocycles. The SMILES string of the molecule is CCCOc1ccc(SC[C@@H](COc2ccc(C(F)(F)F)cc2)OCc2ccc(Cl)s2)cc1C.O=C=O. The molecule has 0 aliphatic heterocycles. The number of rotatable bonds is 12. The molecule has 11 heteroatoms. The number of halogens is 4. The molecule has 0 saturated heterocycles. The van der Waals surface area contributed by atoms with Crippen LogP contribution in [0.5, 0.6) is 11.5 Å². The van der Waals surface area contributed by atoms with Gasteiger partial charge in [0, 0.05) is 15.5 Å². The van der Waals surface area contributed by atoms with Crippen LogP contribution in [0, 0.1) is 6.92 Å². The van der Waals surface area contributed by atoms with E-state index in [1.165, 1.54) is 23.5 Å². The molecule has 0 amide bonds. The molecular formula is C26H26ClF3O5S2. The van der Waals surface area contributed by atoms with E-state index in [1.807, 2.05) is 31.2 Å². The van der Waals surface area contributed by atoms with E-state index in [2.05, 4.69) is 13.0 Å². The minimum Gasteiger partial charge on any atom is -0.493 e. The zero-order valence-electron chi connectivity index (χ0n) is 20.2. The number of aryl methyl sites for hydroxylation is 1. The Morgan fingerprint density at radius 1 is 1.05 bits per heavy atom. The average Bonchev–Trinajstić information content (AvgIpc) is 3.28. The van der Waals surface area contributed by atoms with Crippen LogP contribution in [-0.4, -0.2) is 31.2 Å². The van der Waals surface area contributed by atoms with Crippen LogP contribution < -0.4 is 9.47 Å². The number of thioether (sulfide) groups is 1. The van der Waals surface area contributed by atoms with Crippen molar-refractivity contribution in [3.05, 3.63) is 74.9 Å². The van der Waals surface area contributed by atoms with Gasteiger partial charge in [0.25, 0.3) is 0 Å². The van der Waals surface area contributed by atoms with Gasteiger partial charge in [-0.15, -0.1) is 23.1 Å². The second-order valence-electron chi connectivity index (χ2n) is 7.64. The Balaban J connectivity index is 0.00000153. The van der Waals surface area contributed by atoms with Crippen molar-refractivity contribution in [3.63, 3.8) is 0 Å². The van der Waals surface area contributed by atoms with Gasteiger partial charge in [-0.2, -0.15) is 22.8 Å². The van der Waals surface area contributed by atoms with E-state index in [0.717, 1.165) is 39.6 Å². The van der Waals surface area contributed by atoms with Crippen molar-refractivity contribution >= 4 is 40.9 Å². The van der Waals surface area contributed by atoms with Gasteiger partial charge in [0.2, 0.25) is 0 Å². The number of hydrogen-bond acceptors (Lipinski definition) is 7. The van der Waals surface area contributed by atoms with Crippen molar-refractivity contribution in [2.45, 2.75) is 44.1 Å². The summed E-state index contributed by atoms with van der Waals surface area (Å²) in [6.45, 7) is 5.33. The number of alkyl halides is 3. The Hall–Kier alpha value is -2.49. The Kier molecular flexibility index (Phi) is 13.0. The maximum atomic E-state index is 12.8. The highest BCUT2D eigenvalue weighted by atomic mass is 35.5. The molecule has 0 spiro atoms. The predicted octanol–water partition coefficient (Wildman–Crippen LogP) is 7.69. The molecule has 2 aromatic carbocycles. The summed E-state index contributed by atoms with van der Waals surface area (Å²) in [5.74, 6) is 1.84. The highest BCUT2D eigenvalue weighted by Gasteiger charge is 2.30. The van der Waals surface area contributed by atoms with Crippen LogP contribution in [-0.2, 0) is 27.1 Å². The van der Waals surface area contributed by atoms with Gasteiger partial charge in [0.1, 0.15) is 24.2 Å². The molecule has 0 unspecified atom stereocenters. The van der Waals surface area contributed by atoms with Gasteiger partial charge >= 0.3 is 12.3 Å². The summed E-state index contributed by atoms with van der Waals surface area (Å²) < 4.78 is 56.6. The quantitative estimate of drug-likeness (QED) is 0.207. The lowest BCUT2D eigenvalue weighted by Gasteiger charge is -2.19. The summed E-state index contributed by atoms with van der Waals surface area (Å²) in [5.41, 5.74) is 0.352. The molecule has 0 bridgehead atoms. The lowest BCUT2D eigenvalue weighted by atomic mass is 10.2. The van der Waals surface area contributed by atoms with Gasteiger partial charge in [-0.1, -0.05) is 18.5 Å². The summed E-state index contributed by atoms with van der Waals surface area (Å²) in [6, 6.07) is 14.4. The molecule has 37 heavy (non-hydrogen) atoms. The van der Waals surface area contributed by atoms with Gasteiger partial charge in [-0.05, 0) is 73.5 Å². The fraction of sp³-hybridized carbons (Fsp3) is 0.346. The van der Waals surface area contributed by atoms with Crippen molar-refractivity contribution in [2.75, 3.05) is 19.0 Å². The zero-order chi connectivity index (χ0) is 27.3. The predicted molar refractivity (Wildman–Crippen MR) is 138 cm³/mol. The number of hydrogen-bond donors (Lipinski definition) is 0. The van der Waals surface area contributed by atoms with Crippen LogP contribution in [0.15, 0.2) is 59.5 Å². The number of benzene rings is 2. The molecule has 0 N–H and O–H groups in total. The Bertz CT molecular complexity index is 1130. The first-order valence-corrected chi connectivity index (χ1v) is 13.4. The van der Waals surface area contributed by atoms with Gasteiger partial charge in [-0.25, -0.2) is 0 Å². The second kappa shape index (κ2) is 15.7. The molecule has 0 aliphatic rings. The largest absolute Gasteiger partial charge is 0.493 e. The first kappa shape index (κ1) is 30.7. The number of thiophene rings is 1. The summed E-state index contributed by atoms with van der Waals surface area (Å²) in [6.07, 6.45) is -3.47. The van der Waals surface area contributed by atoms with E-state index in [9.17, 15) is 13.2 Å². The van der Waals surface area contributed by atoms with Crippen molar-refractivity contribution in [1.82, 2.24) is 0 Å². The van der Waals surface area contributed by atoms with E-state index in [-0.39, 0.29) is 18.9 Å². The first-order chi connectivity index (χ1) is 17.7. The normalized spacial score (nSPS) is 11.7. The molecule has 3 aromatic rings. The summed E-state index contributed by atoms with van der Waals surface area (Å²) >= 11 is 9.08. The molecule has 1 atom stereocenters. The van der Waals surface area contributed by atoms with Crippen molar-refractivity contribution in [2.24, 2.45) is 0 Å². The average molecular weight is 575 g/mol. The van der Waals surface area contributed by atoms with Gasteiger partial charge in [-0.3, -0.25) is 0 Å². The molecule has 1 heterocycles. The zero-order valence-corrected chi connectivity index (χ0v) is 22.6. The molecule has 200 valence electrons. The third-order valence-electron chi connectivity index (χ3n) is 4.75. The molecule has 5 nitrogen and oxygen atoms in total. The molecular weight excluding hydrogens is 549 g/mol. The molecule has 0 radical (unpaired) electrons. The maximum absolute atomic E-state index is 12.8. The van der Waals surface area contributed by atoms with Crippen LogP contribution in [0.4, 0.5) is 13.2 Å². The maximum Gasteiger partial charge on any atom is 0.416 e. The topological polar surface area (TPSA) is 61.8 Å². The monoisotopic (exact) mass is 574 g/mol. The smallest absolute Gasteiger partial charge is 0.416 e. The van der Waals surface area contributed by atoms with Crippen LogP contribution in [0.2, 0.25) is 4.34 Å². The Morgan fingerprint density at radius 2 is 1.76 bits per heavy atom. The first-order valence-electron chi connectivity index (χ1n) is 11.2. The highest BCUT2D eigenvalue weighted by molar-refractivity contribution is 7.99. The van der Waals surface area contributed by atoms with Crippen molar-refractivity contribution in [1.29, 1.82) is 0 Å². The fourth-order valence-electron chi connectivity index (χ4n) is 2.98. The van der Waals surface area contributed by atoms with Gasteiger partial charge in [0.05, 0.1) is 23.1 Å². The summed E-state index contributed by atoms with van der Waals surface area (Å²) in [5, 5.41) is 0. The van der Waals surface area contributed by atoms with E-state index >= 15 is 0 Å². The van der Waals surface area contributed by atoms with E-state index in [0.29, 0.717) is 29.1 Å². The summed E-state index contributed by atoms with van der Waals surface area (Å²) in [4.78, 5) is 18.3. The minimum absolute atomic E-state index is 0.203. The van der Waals surface area contributed by atoms with Crippen LogP contribution in [0.3, 0.4) is 0 Å².